The summed E-state index contributed by atoms with van der Waals surface area (Å²) in [5, 5.41) is 16.6. The Balaban J connectivity index is 2.86. The van der Waals surface area contributed by atoms with Crippen molar-refractivity contribution in [3.63, 3.8) is 0 Å². The zero-order chi connectivity index (χ0) is 15.8. The van der Waals surface area contributed by atoms with Crippen LogP contribution in [0.3, 0.4) is 0 Å². The summed E-state index contributed by atoms with van der Waals surface area (Å²) in [5.41, 5.74) is 0.380. The summed E-state index contributed by atoms with van der Waals surface area (Å²) in [5.74, 6) is -1.52. The van der Waals surface area contributed by atoms with Crippen LogP contribution in [0.15, 0.2) is 30.9 Å². The van der Waals surface area contributed by atoms with Crippen LogP contribution in [0.1, 0.15) is 23.7 Å². The standard InChI is InChI=1S/C14H17N3O4/c1-3-4-7-15-14(21)17-12-6-5-10(16-9(2)18)8-11(12)13(19)20/h3,5-6,8H,1,4,7H2,2H3,(H,16,18)(H,19,20)(H2,15,17,21). The highest BCUT2D eigenvalue weighted by atomic mass is 16.4. The molecule has 3 amide bonds. The molecule has 1 aromatic rings. The lowest BCUT2D eigenvalue weighted by molar-refractivity contribution is -0.114. The van der Waals surface area contributed by atoms with Gasteiger partial charge in [-0.25, -0.2) is 9.59 Å². The Hall–Kier alpha value is -2.83. The summed E-state index contributed by atoms with van der Waals surface area (Å²) in [6, 6.07) is 3.70. The number of hydrogen-bond donors (Lipinski definition) is 4. The van der Waals surface area contributed by atoms with E-state index in [4.69, 9.17) is 5.11 Å². The SMILES string of the molecule is C=CCCNC(=O)Nc1ccc(NC(C)=O)cc1C(=O)O. The number of benzene rings is 1. The first-order chi connectivity index (χ1) is 9.93. The highest BCUT2D eigenvalue weighted by Crippen LogP contribution is 2.20. The number of anilines is 2. The molecule has 7 nitrogen and oxygen atoms in total. The van der Waals surface area contributed by atoms with Crippen molar-refractivity contribution in [1.82, 2.24) is 5.32 Å². The van der Waals surface area contributed by atoms with Crippen molar-refractivity contribution in [1.29, 1.82) is 0 Å². The van der Waals surface area contributed by atoms with Crippen molar-refractivity contribution < 1.29 is 19.5 Å². The normalized spacial score (nSPS) is 9.57. The largest absolute Gasteiger partial charge is 0.478 e. The molecule has 0 unspecified atom stereocenters. The van der Waals surface area contributed by atoms with Crippen LogP contribution in [-0.4, -0.2) is 29.6 Å². The molecule has 0 aliphatic rings. The van der Waals surface area contributed by atoms with Crippen molar-refractivity contribution in [2.45, 2.75) is 13.3 Å². The third-order valence-electron chi connectivity index (χ3n) is 2.45. The monoisotopic (exact) mass is 291 g/mol. The smallest absolute Gasteiger partial charge is 0.337 e. The van der Waals surface area contributed by atoms with E-state index in [0.717, 1.165) is 0 Å². The van der Waals surface area contributed by atoms with Gasteiger partial charge in [0.1, 0.15) is 0 Å². The van der Waals surface area contributed by atoms with Crippen LogP contribution in [-0.2, 0) is 4.79 Å². The van der Waals surface area contributed by atoms with Crippen molar-refractivity contribution in [3.05, 3.63) is 36.4 Å². The lowest BCUT2D eigenvalue weighted by Gasteiger charge is -2.11. The average Bonchev–Trinajstić information content (AvgIpc) is 2.40. The number of carbonyl (C=O) groups is 3. The molecular weight excluding hydrogens is 274 g/mol. The highest BCUT2D eigenvalue weighted by molar-refractivity contribution is 6.01. The van der Waals surface area contributed by atoms with E-state index in [1.807, 2.05) is 0 Å². The molecule has 7 heteroatoms. The van der Waals surface area contributed by atoms with E-state index in [1.165, 1.54) is 25.1 Å². The van der Waals surface area contributed by atoms with Gasteiger partial charge in [-0.2, -0.15) is 0 Å². The van der Waals surface area contributed by atoms with E-state index >= 15 is 0 Å². The van der Waals surface area contributed by atoms with Crippen LogP contribution < -0.4 is 16.0 Å². The molecule has 0 atom stereocenters. The molecule has 0 bridgehead atoms. The first kappa shape index (κ1) is 16.2. The predicted octanol–water partition coefficient (Wildman–Crippen LogP) is 2.04. The first-order valence-electron chi connectivity index (χ1n) is 6.24. The zero-order valence-electron chi connectivity index (χ0n) is 11.6. The topological polar surface area (TPSA) is 108 Å². The van der Waals surface area contributed by atoms with Crippen LogP contribution in [0.4, 0.5) is 16.2 Å². The van der Waals surface area contributed by atoms with Gasteiger partial charge in [0.25, 0.3) is 0 Å². The third kappa shape index (κ3) is 5.35. The number of carbonyl (C=O) groups excluding carboxylic acids is 2. The van der Waals surface area contributed by atoms with Crippen LogP contribution >= 0.6 is 0 Å². The minimum Gasteiger partial charge on any atom is -0.478 e. The summed E-state index contributed by atoms with van der Waals surface area (Å²) < 4.78 is 0. The van der Waals surface area contributed by atoms with Gasteiger partial charge >= 0.3 is 12.0 Å². The maximum absolute atomic E-state index is 11.6. The molecule has 1 rings (SSSR count). The quantitative estimate of drug-likeness (QED) is 0.475. The Morgan fingerprint density at radius 3 is 2.57 bits per heavy atom. The van der Waals surface area contributed by atoms with E-state index in [2.05, 4.69) is 22.5 Å². The molecule has 21 heavy (non-hydrogen) atoms. The van der Waals surface area contributed by atoms with E-state index in [-0.39, 0.29) is 17.2 Å². The zero-order valence-corrected chi connectivity index (χ0v) is 11.6. The second-order valence-electron chi connectivity index (χ2n) is 4.20. The van der Waals surface area contributed by atoms with E-state index in [9.17, 15) is 14.4 Å². The summed E-state index contributed by atoms with van der Waals surface area (Å²) in [7, 11) is 0. The van der Waals surface area contributed by atoms with Gasteiger partial charge in [0, 0.05) is 19.2 Å². The van der Waals surface area contributed by atoms with E-state index < -0.39 is 12.0 Å². The highest BCUT2D eigenvalue weighted by Gasteiger charge is 2.13. The number of amides is 3. The Morgan fingerprint density at radius 2 is 2.00 bits per heavy atom. The summed E-state index contributed by atoms with van der Waals surface area (Å²) in [4.78, 5) is 33.8. The lowest BCUT2D eigenvalue weighted by atomic mass is 10.1. The summed E-state index contributed by atoms with van der Waals surface area (Å²) >= 11 is 0. The minimum atomic E-state index is -1.21. The fourth-order valence-electron chi connectivity index (χ4n) is 1.57. The van der Waals surface area contributed by atoms with Crippen LogP contribution in [0.2, 0.25) is 0 Å². The molecule has 0 heterocycles. The fraction of sp³-hybridized carbons (Fsp3) is 0.214. The Labute approximate surface area is 122 Å². The molecule has 4 N–H and O–H groups in total. The second kappa shape index (κ2) is 7.68. The van der Waals surface area contributed by atoms with E-state index in [0.29, 0.717) is 18.7 Å². The number of urea groups is 1. The van der Waals surface area contributed by atoms with Crippen LogP contribution in [0.25, 0.3) is 0 Å². The summed E-state index contributed by atoms with van der Waals surface area (Å²) in [6.45, 7) is 5.25. The molecule has 0 aliphatic carbocycles. The molecule has 0 aromatic heterocycles. The second-order valence-corrected chi connectivity index (χ2v) is 4.20. The third-order valence-corrected chi connectivity index (χ3v) is 2.45. The van der Waals surface area contributed by atoms with Gasteiger partial charge in [0.05, 0.1) is 11.3 Å². The average molecular weight is 291 g/mol. The predicted molar refractivity (Wildman–Crippen MR) is 79.5 cm³/mol. The molecule has 0 fully saturated rings. The van der Waals surface area contributed by atoms with Crippen LogP contribution in [0.5, 0.6) is 0 Å². The number of nitrogens with one attached hydrogen (secondary N) is 3. The van der Waals surface area contributed by atoms with Gasteiger partial charge in [-0.05, 0) is 24.6 Å². The van der Waals surface area contributed by atoms with Gasteiger partial charge < -0.3 is 21.1 Å². The number of hydrogen-bond acceptors (Lipinski definition) is 3. The maximum atomic E-state index is 11.6. The molecule has 1 aromatic carbocycles. The van der Waals surface area contributed by atoms with Crippen LogP contribution in [0, 0.1) is 0 Å². The van der Waals surface area contributed by atoms with Gasteiger partial charge in [-0.15, -0.1) is 6.58 Å². The van der Waals surface area contributed by atoms with Gasteiger partial charge in [-0.3, -0.25) is 4.79 Å². The van der Waals surface area contributed by atoms with Crippen molar-refractivity contribution in [2.24, 2.45) is 0 Å². The number of carboxylic acid groups (broad SMARTS) is 1. The Morgan fingerprint density at radius 1 is 1.29 bits per heavy atom. The first-order valence-corrected chi connectivity index (χ1v) is 6.24. The molecule has 0 saturated carbocycles. The number of carboxylic acids is 1. The molecule has 112 valence electrons. The van der Waals surface area contributed by atoms with Gasteiger partial charge in [0.2, 0.25) is 5.91 Å². The Bertz CT molecular complexity index is 569. The van der Waals surface area contributed by atoms with Crippen molar-refractivity contribution in [2.75, 3.05) is 17.2 Å². The fourth-order valence-corrected chi connectivity index (χ4v) is 1.57. The molecule has 0 radical (unpaired) electrons. The maximum Gasteiger partial charge on any atom is 0.337 e. The molecular formula is C14H17N3O4. The number of aromatic carboxylic acids is 1. The molecule has 0 saturated heterocycles. The minimum absolute atomic E-state index is 0.111. The lowest BCUT2D eigenvalue weighted by Crippen LogP contribution is -2.30. The van der Waals surface area contributed by atoms with Crippen molar-refractivity contribution >= 4 is 29.3 Å². The Kier molecular flexibility index (Phi) is 5.94. The van der Waals surface area contributed by atoms with Crippen molar-refractivity contribution in [3.8, 4) is 0 Å². The molecule has 0 aliphatic heterocycles. The summed E-state index contributed by atoms with van der Waals surface area (Å²) in [6.07, 6.45) is 2.27. The van der Waals surface area contributed by atoms with Gasteiger partial charge in [0.15, 0.2) is 0 Å². The van der Waals surface area contributed by atoms with Gasteiger partial charge in [-0.1, -0.05) is 6.08 Å². The molecule has 0 spiro atoms. The number of rotatable bonds is 6. The van der Waals surface area contributed by atoms with E-state index in [1.54, 1.807) is 6.08 Å².